The number of rotatable bonds is 4. The lowest BCUT2D eigenvalue weighted by Gasteiger charge is -2.35. The first-order valence-electron chi connectivity index (χ1n) is 5.32. The van der Waals surface area contributed by atoms with Gasteiger partial charge in [0.05, 0.1) is 11.6 Å². The molecule has 1 unspecified atom stereocenters. The van der Waals surface area contributed by atoms with E-state index < -0.39 is 0 Å². The Morgan fingerprint density at radius 3 is 2.64 bits per heavy atom. The second kappa shape index (κ2) is 4.91. The molecule has 0 aromatic carbocycles. The highest BCUT2D eigenvalue weighted by Gasteiger charge is 2.31. The SMILES string of the molecule is COC(C)(C)C(NN)C1=CCCCC1. The second-order valence-electron chi connectivity index (χ2n) is 4.43. The summed E-state index contributed by atoms with van der Waals surface area (Å²) in [6.45, 7) is 4.12. The molecule has 0 spiro atoms. The molecule has 0 aromatic heterocycles. The molecule has 1 aliphatic carbocycles. The standard InChI is InChI=1S/C11H22N2O/c1-11(2,14-3)10(13-12)9-7-5-4-6-8-9/h7,10,13H,4-6,8,12H2,1-3H3. The summed E-state index contributed by atoms with van der Waals surface area (Å²) in [6, 6.07) is 0.132. The molecular weight excluding hydrogens is 176 g/mol. The van der Waals surface area contributed by atoms with Crippen molar-refractivity contribution in [3.8, 4) is 0 Å². The van der Waals surface area contributed by atoms with Crippen molar-refractivity contribution < 1.29 is 4.74 Å². The lowest BCUT2D eigenvalue weighted by atomic mass is 9.85. The van der Waals surface area contributed by atoms with Crippen LogP contribution in [0.25, 0.3) is 0 Å². The molecule has 0 saturated carbocycles. The molecule has 14 heavy (non-hydrogen) atoms. The van der Waals surface area contributed by atoms with Crippen molar-refractivity contribution in [2.75, 3.05) is 7.11 Å². The maximum Gasteiger partial charge on any atom is 0.0826 e. The third-order valence-electron chi connectivity index (χ3n) is 3.08. The molecule has 1 rings (SSSR count). The van der Waals surface area contributed by atoms with Gasteiger partial charge in [-0.2, -0.15) is 0 Å². The van der Waals surface area contributed by atoms with E-state index in [9.17, 15) is 0 Å². The molecule has 0 amide bonds. The zero-order valence-corrected chi connectivity index (χ0v) is 9.47. The third kappa shape index (κ3) is 2.56. The summed E-state index contributed by atoms with van der Waals surface area (Å²) in [7, 11) is 1.73. The van der Waals surface area contributed by atoms with E-state index in [1.807, 2.05) is 0 Å². The minimum Gasteiger partial charge on any atom is -0.377 e. The second-order valence-corrected chi connectivity index (χ2v) is 4.43. The Balaban J connectivity index is 2.74. The van der Waals surface area contributed by atoms with Gasteiger partial charge < -0.3 is 4.74 Å². The third-order valence-corrected chi connectivity index (χ3v) is 3.08. The van der Waals surface area contributed by atoms with Crippen LogP contribution in [0.1, 0.15) is 39.5 Å². The molecule has 0 saturated heterocycles. The summed E-state index contributed by atoms with van der Waals surface area (Å²) in [5.74, 6) is 5.59. The average molecular weight is 198 g/mol. The van der Waals surface area contributed by atoms with Gasteiger partial charge in [0.25, 0.3) is 0 Å². The zero-order chi connectivity index (χ0) is 10.6. The summed E-state index contributed by atoms with van der Waals surface area (Å²) in [5.41, 5.74) is 4.03. The van der Waals surface area contributed by atoms with E-state index in [1.165, 1.54) is 24.8 Å². The largest absolute Gasteiger partial charge is 0.377 e. The number of allylic oxidation sites excluding steroid dienone is 1. The zero-order valence-electron chi connectivity index (χ0n) is 9.47. The quantitative estimate of drug-likeness (QED) is 0.411. The molecule has 1 atom stereocenters. The van der Waals surface area contributed by atoms with E-state index in [-0.39, 0.29) is 11.6 Å². The van der Waals surface area contributed by atoms with E-state index >= 15 is 0 Å². The fourth-order valence-electron chi connectivity index (χ4n) is 2.00. The predicted molar refractivity (Wildman–Crippen MR) is 58.8 cm³/mol. The molecule has 0 radical (unpaired) electrons. The van der Waals surface area contributed by atoms with Crippen LogP contribution >= 0.6 is 0 Å². The summed E-state index contributed by atoms with van der Waals surface area (Å²) < 4.78 is 5.46. The predicted octanol–water partition coefficient (Wildman–Crippen LogP) is 1.74. The first-order chi connectivity index (χ1) is 6.61. The van der Waals surface area contributed by atoms with Crippen molar-refractivity contribution in [3.05, 3.63) is 11.6 Å². The van der Waals surface area contributed by atoms with Gasteiger partial charge in [0.15, 0.2) is 0 Å². The molecule has 0 heterocycles. The number of hydrazine groups is 1. The highest BCUT2D eigenvalue weighted by atomic mass is 16.5. The van der Waals surface area contributed by atoms with Gasteiger partial charge in [-0.3, -0.25) is 11.3 Å². The van der Waals surface area contributed by atoms with E-state index in [0.717, 1.165) is 6.42 Å². The van der Waals surface area contributed by atoms with Gasteiger partial charge in [0.2, 0.25) is 0 Å². The lowest BCUT2D eigenvalue weighted by Crippen LogP contribution is -2.52. The number of methoxy groups -OCH3 is 1. The van der Waals surface area contributed by atoms with Crippen LogP contribution in [-0.2, 0) is 4.74 Å². The number of hydrogen-bond donors (Lipinski definition) is 2. The summed E-state index contributed by atoms with van der Waals surface area (Å²) in [4.78, 5) is 0. The van der Waals surface area contributed by atoms with Crippen molar-refractivity contribution >= 4 is 0 Å². The maximum absolute atomic E-state index is 5.59. The Morgan fingerprint density at radius 2 is 2.21 bits per heavy atom. The van der Waals surface area contributed by atoms with Crippen molar-refractivity contribution in [2.45, 2.75) is 51.2 Å². The normalized spacial score (nSPS) is 20.4. The van der Waals surface area contributed by atoms with Crippen LogP contribution < -0.4 is 11.3 Å². The highest BCUT2D eigenvalue weighted by molar-refractivity contribution is 5.17. The van der Waals surface area contributed by atoms with Gasteiger partial charge in [-0.1, -0.05) is 11.6 Å². The number of nitrogens with one attached hydrogen (secondary N) is 1. The number of hydrogen-bond acceptors (Lipinski definition) is 3. The van der Waals surface area contributed by atoms with Crippen molar-refractivity contribution in [1.82, 2.24) is 5.43 Å². The Kier molecular flexibility index (Phi) is 4.11. The van der Waals surface area contributed by atoms with E-state index in [4.69, 9.17) is 10.6 Å². The van der Waals surface area contributed by atoms with E-state index in [2.05, 4.69) is 25.3 Å². The van der Waals surface area contributed by atoms with Gasteiger partial charge in [-0.05, 0) is 39.5 Å². The van der Waals surface area contributed by atoms with Crippen LogP contribution in [0, 0.1) is 0 Å². The van der Waals surface area contributed by atoms with Crippen LogP contribution in [-0.4, -0.2) is 18.8 Å². The maximum atomic E-state index is 5.59. The Bertz CT molecular complexity index is 211. The fraction of sp³-hybridized carbons (Fsp3) is 0.818. The number of ether oxygens (including phenoxy) is 1. The van der Waals surface area contributed by atoms with Crippen LogP contribution in [0.4, 0.5) is 0 Å². The minimum absolute atomic E-state index is 0.132. The van der Waals surface area contributed by atoms with Crippen molar-refractivity contribution in [1.29, 1.82) is 0 Å². The van der Waals surface area contributed by atoms with Crippen LogP contribution in [0.5, 0.6) is 0 Å². The van der Waals surface area contributed by atoms with E-state index in [0.29, 0.717) is 0 Å². The Morgan fingerprint density at radius 1 is 1.50 bits per heavy atom. The topological polar surface area (TPSA) is 47.3 Å². The average Bonchev–Trinajstić information content (AvgIpc) is 2.20. The smallest absolute Gasteiger partial charge is 0.0826 e. The van der Waals surface area contributed by atoms with Crippen LogP contribution in [0.3, 0.4) is 0 Å². The molecule has 3 nitrogen and oxygen atoms in total. The molecule has 0 aliphatic heterocycles. The lowest BCUT2D eigenvalue weighted by molar-refractivity contribution is -0.00118. The molecule has 3 heteroatoms. The first kappa shape index (κ1) is 11.7. The summed E-state index contributed by atoms with van der Waals surface area (Å²) >= 11 is 0. The molecule has 0 bridgehead atoms. The molecule has 82 valence electrons. The van der Waals surface area contributed by atoms with Gasteiger partial charge in [-0.15, -0.1) is 0 Å². The summed E-state index contributed by atoms with van der Waals surface area (Å²) in [5, 5.41) is 0. The highest BCUT2D eigenvalue weighted by Crippen LogP contribution is 2.27. The van der Waals surface area contributed by atoms with Crippen molar-refractivity contribution in [3.63, 3.8) is 0 Å². The van der Waals surface area contributed by atoms with Crippen molar-refractivity contribution in [2.24, 2.45) is 5.84 Å². The monoisotopic (exact) mass is 198 g/mol. The molecule has 0 fully saturated rings. The van der Waals surface area contributed by atoms with Gasteiger partial charge in [0.1, 0.15) is 0 Å². The molecule has 0 aromatic rings. The van der Waals surface area contributed by atoms with E-state index in [1.54, 1.807) is 7.11 Å². The first-order valence-corrected chi connectivity index (χ1v) is 5.32. The molecular formula is C11H22N2O. The number of nitrogens with two attached hydrogens (primary N) is 1. The molecule has 1 aliphatic rings. The van der Waals surface area contributed by atoms with Gasteiger partial charge in [0, 0.05) is 7.11 Å². The fourth-order valence-corrected chi connectivity index (χ4v) is 2.00. The van der Waals surface area contributed by atoms with Crippen LogP contribution in [0.2, 0.25) is 0 Å². The minimum atomic E-state index is -0.238. The van der Waals surface area contributed by atoms with Gasteiger partial charge in [-0.25, -0.2) is 0 Å². The van der Waals surface area contributed by atoms with Gasteiger partial charge >= 0.3 is 0 Å². The Labute approximate surface area is 86.7 Å². The summed E-state index contributed by atoms with van der Waals surface area (Å²) in [6.07, 6.45) is 7.18. The molecule has 3 N–H and O–H groups in total. The Hall–Kier alpha value is -0.380. The van der Waals surface area contributed by atoms with Crippen LogP contribution in [0.15, 0.2) is 11.6 Å².